The standard InChI is InChI=1S/C53H80N16O9/c1-31(70)63-38(21-12-24-60-52(55)56)46(73)69-43-29-44(71)59-23-11-10-20-37(45(54)72)64-50(77)42(28-34-30-62-36-19-9-8-18-35(34)36)68-47(74)39(22-13-25-61-53(57)58)65-48(75)40(26-32-14-4-2-5-15-32)66-49(76)41(67-51(43)78)27-33-16-6-3-7-17-33/h2,4-5,8-9,14-15,18-19,30,33,37-43,47,62,68,74H,3,6-7,10-13,16-17,20-29H2,1H3,(H2,54,72)(H,59,71)(H,63,70)(H,64,77)(H,65,75)(H,66,76)(H,67,78)(H,69,73)(H4,55,56,60)(H4,57,58,61)/t37-,38-,39-,40+,41+,42-,43-,47?/m0/s1. The van der Waals surface area contributed by atoms with E-state index in [0.29, 0.717) is 17.5 Å². The van der Waals surface area contributed by atoms with E-state index in [2.05, 4.69) is 57.5 Å². The topological polar surface area (TPSA) is 424 Å². The van der Waals surface area contributed by atoms with Gasteiger partial charge in [0, 0.05) is 50.1 Å². The van der Waals surface area contributed by atoms with Crippen LogP contribution in [-0.2, 0) is 51.2 Å². The first-order chi connectivity index (χ1) is 37.4. The number of carbonyl (C=O) groups excluding carboxylic acids is 8. The van der Waals surface area contributed by atoms with Crippen molar-refractivity contribution in [3.8, 4) is 0 Å². The number of fused-ring (bicyclic) bond motifs is 1. The molecule has 1 saturated carbocycles. The lowest BCUT2D eigenvalue weighted by molar-refractivity contribution is -0.136. The van der Waals surface area contributed by atoms with Gasteiger partial charge in [0.25, 0.3) is 0 Å². The Bertz CT molecular complexity index is 2540. The molecule has 426 valence electrons. The van der Waals surface area contributed by atoms with E-state index in [4.69, 9.17) is 28.7 Å². The molecule has 20 N–H and O–H groups in total. The van der Waals surface area contributed by atoms with Gasteiger partial charge in [0.05, 0.1) is 18.5 Å². The van der Waals surface area contributed by atoms with Gasteiger partial charge in [-0.1, -0.05) is 80.6 Å². The number of hydrogen-bond donors (Lipinski definition) is 15. The average molecular weight is 1090 g/mol. The molecular weight excluding hydrogens is 1000 g/mol. The van der Waals surface area contributed by atoms with E-state index in [9.17, 15) is 43.5 Å². The Balaban J connectivity index is 1.55. The Morgan fingerprint density at radius 3 is 2.05 bits per heavy atom. The second kappa shape index (κ2) is 31.4. The molecule has 1 aliphatic carbocycles. The number of aromatic nitrogens is 1. The predicted octanol–water partition coefficient (Wildman–Crippen LogP) is -1.59. The molecule has 2 fully saturated rings. The molecule has 2 heterocycles. The van der Waals surface area contributed by atoms with Gasteiger partial charge in [-0.15, -0.1) is 0 Å². The number of aliphatic hydroxyl groups is 1. The monoisotopic (exact) mass is 1080 g/mol. The largest absolute Gasteiger partial charge is 0.376 e. The molecule has 2 aromatic carbocycles. The zero-order chi connectivity index (χ0) is 56.6. The number of nitrogens with two attached hydrogens (primary N) is 5. The van der Waals surface area contributed by atoms with E-state index >= 15 is 0 Å². The maximum atomic E-state index is 14.9. The smallest absolute Gasteiger partial charge is 0.243 e. The minimum absolute atomic E-state index is 0.00858. The number of nitrogens with zero attached hydrogens (tertiary/aromatic N) is 2. The summed E-state index contributed by atoms with van der Waals surface area (Å²) in [5, 5.41) is 35.3. The molecule has 8 amide bonds. The van der Waals surface area contributed by atoms with Gasteiger partial charge in [0.15, 0.2) is 11.9 Å². The Morgan fingerprint density at radius 2 is 1.36 bits per heavy atom. The summed E-state index contributed by atoms with van der Waals surface area (Å²) in [5.41, 5.74) is 30.2. The lowest BCUT2D eigenvalue weighted by Gasteiger charge is -2.32. The first-order valence-corrected chi connectivity index (χ1v) is 26.9. The normalized spacial score (nSPS) is 23.2. The summed E-state index contributed by atoms with van der Waals surface area (Å²) in [4.78, 5) is 123. The van der Waals surface area contributed by atoms with Gasteiger partial charge >= 0.3 is 0 Å². The van der Waals surface area contributed by atoms with E-state index in [-0.39, 0.29) is 95.3 Å². The quantitative estimate of drug-likeness (QED) is 0.0388. The summed E-state index contributed by atoms with van der Waals surface area (Å²) in [6, 6.07) is 7.44. The molecular formula is C53H80N16O9. The fourth-order valence-corrected chi connectivity index (χ4v) is 9.79. The van der Waals surface area contributed by atoms with Crippen molar-refractivity contribution in [3.05, 3.63) is 71.9 Å². The summed E-state index contributed by atoms with van der Waals surface area (Å²) in [6.45, 7) is 1.52. The van der Waals surface area contributed by atoms with Crippen molar-refractivity contribution in [1.82, 2.24) is 47.5 Å². The second-order valence-corrected chi connectivity index (χ2v) is 20.1. The predicted molar refractivity (Wildman–Crippen MR) is 294 cm³/mol. The fourth-order valence-electron chi connectivity index (χ4n) is 9.79. The van der Waals surface area contributed by atoms with E-state index in [0.717, 1.165) is 43.0 Å². The van der Waals surface area contributed by atoms with Gasteiger partial charge in [-0.3, -0.25) is 53.7 Å². The lowest BCUT2D eigenvalue weighted by atomic mass is 9.84. The van der Waals surface area contributed by atoms with Crippen LogP contribution >= 0.6 is 0 Å². The van der Waals surface area contributed by atoms with Gasteiger partial charge < -0.3 is 76.0 Å². The van der Waals surface area contributed by atoms with Gasteiger partial charge in [-0.25, -0.2) is 0 Å². The van der Waals surface area contributed by atoms with Gasteiger partial charge in [-0.05, 0) is 80.9 Å². The van der Waals surface area contributed by atoms with Crippen molar-refractivity contribution < 1.29 is 43.5 Å². The fraction of sp³-hybridized carbons (Fsp3) is 0.547. The molecule has 2 aliphatic rings. The first kappa shape index (κ1) is 61.1. The Kier molecular flexibility index (Phi) is 24.6. The number of aliphatic hydroxyl groups excluding tert-OH is 1. The highest BCUT2D eigenvalue weighted by molar-refractivity contribution is 5.97. The molecule has 0 bridgehead atoms. The maximum Gasteiger partial charge on any atom is 0.243 e. The van der Waals surface area contributed by atoms with Gasteiger partial charge in [0.2, 0.25) is 47.3 Å². The van der Waals surface area contributed by atoms with E-state index in [1.165, 1.54) is 6.92 Å². The number of H-pyrrole nitrogens is 1. The molecule has 1 aromatic heterocycles. The van der Waals surface area contributed by atoms with Crippen LogP contribution in [0.2, 0.25) is 0 Å². The SMILES string of the molecule is CC(=O)N[C@@H](CCCN=C(N)N)C(=O)N[C@H]1CC(=O)NCCCC[C@@H](C(N)=O)NC(=O)[C@H](Cc2c[nH]c3ccccc23)NC(O)[C@H](CCCN=C(N)N)NC(=O)[C@@H](Cc2ccccc2)NC(=O)[C@@H](CC2CCCCC2)NC1=O. The zero-order valence-corrected chi connectivity index (χ0v) is 44.4. The number of rotatable bonds is 18. The van der Waals surface area contributed by atoms with Crippen molar-refractivity contribution in [2.75, 3.05) is 19.6 Å². The molecule has 1 unspecified atom stereocenters. The van der Waals surface area contributed by atoms with Crippen molar-refractivity contribution in [2.45, 2.75) is 158 Å². The summed E-state index contributed by atoms with van der Waals surface area (Å²) in [5.74, 6) is -6.17. The number of hydrogen-bond acceptors (Lipinski definition) is 12. The lowest BCUT2D eigenvalue weighted by Crippen LogP contribution is -2.61. The number of aliphatic imine (C=N–C) groups is 2. The summed E-state index contributed by atoms with van der Waals surface area (Å²) < 4.78 is 0. The number of amides is 8. The molecule has 1 aliphatic heterocycles. The second-order valence-electron chi connectivity index (χ2n) is 20.1. The maximum absolute atomic E-state index is 14.9. The molecule has 3 aromatic rings. The van der Waals surface area contributed by atoms with Crippen LogP contribution in [0.4, 0.5) is 0 Å². The number of nitrogens with one attached hydrogen (secondary N) is 9. The zero-order valence-electron chi connectivity index (χ0n) is 44.4. The molecule has 0 radical (unpaired) electrons. The van der Waals surface area contributed by atoms with Crippen molar-refractivity contribution in [2.24, 2.45) is 44.6 Å². The summed E-state index contributed by atoms with van der Waals surface area (Å²) in [6.07, 6.45) is 5.21. The molecule has 1 saturated heterocycles. The van der Waals surface area contributed by atoms with E-state index in [1.807, 2.05) is 24.3 Å². The number of para-hydroxylation sites is 1. The summed E-state index contributed by atoms with van der Waals surface area (Å²) in [7, 11) is 0. The van der Waals surface area contributed by atoms with Crippen LogP contribution < -0.4 is 71.2 Å². The first-order valence-electron chi connectivity index (χ1n) is 26.9. The van der Waals surface area contributed by atoms with Crippen molar-refractivity contribution in [3.63, 3.8) is 0 Å². The Hall–Kier alpha value is -7.80. The third-order valence-electron chi connectivity index (χ3n) is 13.9. The number of aromatic amines is 1. The Labute approximate surface area is 454 Å². The third-order valence-corrected chi connectivity index (χ3v) is 13.9. The highest BCUT2D eigenvalue weighted by Gasteiger charge is 2.36. The van der Waals surface area contributed by atoms with Crippen LogP contribution in [0.5, 0.6) is 0 Å². The number of primary amides is 1. The van der Waals surface area contributed by atoms with E-state index in [1.54, 1.807) is 36.5 Å². The minimum Gasteiger partial charge on any atom is -0.376 e. The molecule has 0 spiro atoms. The van der Waals surface area contributed by atoms with Crippen LogP contribution in [0, 0.1) is 5.92 Å². The van der Waals surface area contributed by atoms with Crippen LogP contribution in [0.25, 0.3) is 10.9 Å². The summed E-state index contributed by atoms with van der Waals surface area (Å²) >= 11 is 0. The third kappa shape index (κ3) is 20.6. The number of carbonyl (C=O) groups is 8. The Morgan fingerprint density at radius 1 is 0.718 bits per heavy atom. The number of guanidine groups is 2. The van der Waals surface area contributed by atoms with Crippen molar-refractivity contribution in [1.29, 1.82) is 0 Å². The average Bonchev–Trinajstić information content (AvgIpc) is 3.82. The molecule has 8 atom stereocenters. The minimum atomic E-state index is -1.63. The van der Waals surface area contributed by atoms with Crippen molar-refractivity contribution >= 4 is 70.1 Å². The molecule has 5 rings (SSSR count). The van der Waals surface area contributed by atoms with Crippen LogP contribution in [0.1, 0.15) is 108 Å². The molecule has 78 heavy (non-hydrogen) atoms. The van der Waals surface area contributed by atoms with Gasteiger partial charge in [-0.2, -0.15) is 0 Å². The van der Waals surface area contributed by atoms with E-state index < -0.39 is 102 Å². The highest BCUT2D eigenvalue weighted by atomic mass is 16.3. The van der Waals surface area contributed by atoms with Crippen LogP contribution in [0.3, 0.4) is 0 Å². The highest BCUT2D eigenvalue weighted by Crippen LogP contribution is 2.28. The van der Waals surface area contributed by atoms with Crippen LogP contribution in [0.15, 0.2) is 70.8 Å². The molecule has 25 heteroatoms. The van der Waals surface area contributed by atoms with Crippen LogP contribution in [-0.4, -0.2) is 137 Å². The molecule has 25 nitrogen and oxygen atoms in total. The van der Waals surface area contributed by atoms with Gasteiger partial charge in [0.1, 0.15) is 36.4 Å². The number of benzene rings is 2.